The quantitative estimate of drug-likeness (QED) is 0.582. The Morgan fingerprint density at radius 1 is 1.28 bits per heavy atom. The number of aromatic nitrogens is 2. The zero-order valence-corrected chi connectivity index (χ0v) is 20.2. The minimum absolute atomic E-state index is 0.139. The summed E-state index contributed by atoms with van der Waals surface area (Å²) >= 11 is 6.42. The van der Waals surface area contributed by atoms with Crippen LogP contribution < -0.4 is 5.32 Å². The van der Waals surface area contributed by atoms with Crippen molar-refractivity contribution >= 4 is 39.3 Å². The number of nitrogens with one attached hydrogen (secondary N) is 1. The Morgan fingerprint density at radius 2 is 2.00 bits per heavy atom. The topological polar surface area (TPSA) is 93.5 Å². The van der Waals surface area contributed by atoms with Crippen molar-refractivity contribution in [2.75, 3.05) is 31.6 Å². The van der Waals surface area contributed by atoms with E-state index >= 15 is 0 Å². The van der Waals surface area contributed by atoms with Gasteiger partial charge in [-0.1, -0.05) is 31.0 Å². The predicted molar refractivity (Wildman–Crippen MR) is 125 cm³/mol. The van der Waals surface area contributed by atoms with E-state index in [0.717, 1.165) is 30.6 Å². The van der Waals surface area contributed by atoms with Crippen molar-refractivity contribution in [1.29, 1.82) is 0 Å². The third-order valence-electron chi connectivity index (χ3n) is 5.31. The van der Waals surface area contributed by atoms with Crippen molar-refractivity contribution in [2.24, 2.45) is 0 Å². The summed E-state index contributed by atoms with van der Waals surface area (Å²) in [5.74, 6) is -0.384. The summed E-state index contributed by atoms with van der Waals surface area (Å²) in [5, 5.41) is 7.70. The van der Waals surface area contributed by atoms with Crippen molar-refractivity contribution < 1.29 is 17.9 Å². The fraction of sp³-hybridized carbons (Fsp3) is 0.455. The van der Waals surface area contributed by atoms with Gasteiger partial charge >= 0.3 is 0 Å². The molecule has 0 bridgehead atoms. The van der Waals surface area contributed by atoms with Crippen molar-refractivity contribution in [3.63, 3.8) is 0 Å². The number of rotatable bonds is 8. The van der Waals surface area contributed by atoms with Crippen LogP contribution in [0, 0.1) is 13.8 Å². The number of morpholine rings is 1. The van der Waals surface area contributed by atoms with E-state index in [-0.39, 0.29) is 10.8 Å². The van der Waals surface area contributed by atoms with Gasteiger partial charge in [0.1, 0.15) is 5.15 Å². The molecule has 3 rings (SSSR count). The number of benzene rings is 1. The van der Waals surface area contributed by atoms with Crippen LogP contribution >= 0.6 is 11.6 Å². The van der Waals surface area contributed by atoms with Crippen molar-refractivity contribution in [1.82, 2.24) is 14.1 Å². The zero-order chi connectivity index (χ0) is 23.3. The second kappa shape index (κ2) is 10.6. The van der Waals surface area contributed by atoms with Gasteiger partial charge in [0, 0.05) is 37.0 Å². The third-order valence-corrected chi connectivity index (χ3v) is 7.60. The summed E-state index contributed by atoms with van der Waals surface area (Å²) in [4.78, 5) is 12.7. The number of ether oxygens (including phenoxy) is 1. The Balaban J connectivity index is 1.75. The van der Waals surface area contributed by atoms with Gasteiger partial charge in [-0.15, -0.1) is 0 Å². The Labute approximate surface area is 194 Å². The molecule has 1 aromatic carbocycles. The number of unbranched alkanes of at least 4 members (excludes halogenated alkanes) is 1. The fourth-order valence-electron chi connectivity index (χ4n) is 3.38. The Morgan fingerprint density at radius 3 is 2.69 bits per heavy atom. The van der Waals surface area contributed by atoms with Crippen LogP contribution in [0.3, 0.4) is 0 Å². The van der Waals surface area contributed by atoms with Crippen molar-refractivity contribution in [3.05, 3.63) is 46.2 Å². The maximum Gasteiger partial charge on any atom is 0.248 e. The highest BCUT2D eigenvalue weighted by Crippen LogP contribution is 2.25. The van der Waals surface area contributed by atoms with Gasteiger partial charge in [0.2, 0.25) is 15.9 Å². The van der Waals surface area contributed by atoms with Crippen LogP contribution in [0.1, 0.15) is 36.6 Å². The summed E-state index contributed by atoms with van der Waals surface area (Å²) in [6.45, 7) is 7.84. The molecule has 1 aromatic heterocycles. The second-order valence-electron chi connectivity index (χ2n) is 7.68. The number of aryl methyl sites for hydroxylation is 3. The first-order valence-electron chi connectivity index (χ1n) is 10.6. The highest BCUT2D eigenvalue weighted by Gasteiger charge is 2.26. The molecule has 1 saturated heterocycles. The minimum atomic E-state index is -3.65. The number of halogens is 1. The summed E-state index contributed by atoms with van der Waals surface area (Å²) in [5.41, 5.74) is 2.63. The van der Waals surface area contributed by atoms with Gasteiger partial charge in [-0.25, -0.2) is 8.42 Å². The van der Waals surface area contributed by atoms with Crippen LogP contribution in [-0.2, 0) is 26.1 Å². The lowest BCUT2D eigenvalue weighted by molar-refractivity contribution is -0.111. The second-order valence-corrected chi connectivity index (χ2v) is 9.98. The lowest BCUT2D eigenvalue weighted by Crippen LogP contribution is -2.40. The number of hydrogen-bond donors (Lipinski definition) is 1. The smallest absolute Gasteiger partial charge is 0.248 e. The summed E-state index contributed by atoms with van der Waals surface area (Å²) in [7, 11) is -3.65. The minimum Gasteiger partial charge on any atom is -0.379 e. The molecule has 1 aliphatic rings. The van der Waals surface area contributed by atoms with Gasteiger partial charge in [-0.05, 0) is 44.0 Å². The zero-order valence-electron chi connectivity index (χ0n) is 18.6. The van der Waals surface area contributed by atoms with Crippen LogP contribution in [0.5, 0.6) is 0 Å². The molecule has 32 heavy (non-hydrogen) atoms. The number of sulfonamides is 1. The van der Waals surface area contributed by atoms with Gasteiger partial charge in [0.15, 0.2) is 0 Å². The lowest BCUT2D eigenvalue weighted by atomic mass is 10.2. The molecule has 0 saturated carbocycles. The molecule has 0 atom stereocenters. The number of amides is 1. The van der Waals surface area contributed by atoms with Crippen LogP contribution in [0.25, 0.3) is 6.08 Å². The average molecular weight is 481 g/mol. The van der Waals surface area contributed by atoms with Crippen LogP contribution in [0.4, 0.5) is 5.69 Å². The molecular formula is C22H29ClN4O4S. The van der Waals surface area contributed by atoms with Gasteiger partial charge in [0.25, 0.3) is 0 Å². The molecule has 0 aliphatic carbocycles. The first-order valence-corrected chi connectivity index (χ1v) is 12.5. The molecule has 2 heterocycles. The Kier molecular flexibility index (Phi) is 8.10. The molecule has 8 nitrogen and oxygen atoms in total. The molecule has 174 valence electrons. The van der Waals surface area contributed by atoms with E-state index in [4.69, 9.17) is 16.3 Å². The lowest BCUT2D eigenvalue weighted by Gasteiger charge is -2.26. The molecular weight excluding hydrogens is 452 g/mol. The maximum absolute atomic E-state index is 12.9. The standard InChI is InChI=1S/C22H29ClN4O4S/c1-4-5-10-27-22(23)19(17(3)25-27)8-9-21(28)24-20-15-18(7-6-16(20)2)32(29,30)26-11-13-31-14-12-26/h6-9,15H,4-5,10-14H2,1-3H3,(H,24,28)/b9-8+. The van der Waals surface area contributed by atoms with Gasteiger partial charge < -0.3 is 10.1 Å². The molecule has 1 amide bonds. The molecule has 1 aliphatic heterocycles. The van der Waals surface area contributed by atoms with E-state index in [0.29, 0.717) is 42.7 Å². The number of anilines is 1. The van der Waals surface area contributed by atoms with E-state index in [1.54, 1.807) is 22.9 Å². The summed E-state index contributed by atoms with van der Waals surface area (Å²) in [6, 6.07) is 4.73. The van der Waals surface area contributed by atoms with E-state index in [2.05, 4.69) is 17.3 Å². The molecule has 2 aromatic rings. The predicted octanol–water partition coefficient (Wildman–Crippen LogP) is 3.63. The van der Waals surface area contributed by atoms with Crippen molar-refractivity contribution in [2.45, 2.75) is 45.1 Å². The first kappa shape index (κ1) is 24.4. The Hall–Kier alpha value is -2.20. The van der Waals surface area contributed by atoms with Gasteiger partial charge in [-0.3, -0.25) is 9.48 Å². The average Bonchev–Trinajstić information content (AvgIpc) is 3.05. The Bertz CT molecular complexity index is 1110. The highest BCUT2D eigenvalue weighted by molar-refractivity contribution is 7.89. The molecule has 1 N–H and O–H groups in total. The fourth-order valence-corrected chi connectivity index (χ4v) is 5.14. The van der Waals surface area contributed by atoms with E-state index < -0.39 is 10.0 Å². The molecule has 0 radical (unpaired) electrons. The number of carbonyl (C=O) groups is 1. The van der Waals surface area contributed by atoms with Crippen LogP contribution in [-0.4, -0.2) is 54.7 Å². The monoisotopic (exact) mass is 480 g/mol. The maximum atomic E-state index is 12.9. The number of carbonyl (C=O) groups excluding carboxylic acids is 1. The molecule has 1 fully saturated rings. The van der Waals surface area contributed by atoms with E-state index in [9.17, 15) is 13.2 Å². The third kappa shape index (κ3) is 5.58. The van der Waals surface area contributed by atoms with Gasteiger partial charge in [0.05, 0.1) is 23.8 Å². The largest absolute Gasteiger partial charge is 0.379 e. The summed E-state index contributed by atoms with van der Waals surface area (Å²) in [6.07, 6.45) is 5.00. The van der Waals surface area contributed by atoms with E-state index in [1.807, 2.05) is 13.8 Å². The highest BCUT2D eigenvalue weighted by atomic mass is 35.5. The molecule has 10 heteroatoms. The normalized spacial score (nSPS) is 15.4. The number of nitrogens with zero attached hydrogens (tertiary/aromatic N) is 3. The molecule has 0 spiro atoms. The first-order chi connectivity index (χ1) is 15.2. The van der Waals surface area contributed by atoms with Crippen LogP contribution in [0.2, 0.25) is 5.15 Å². The van der Waals surface area contributed by atoms with Crippen molar-refractivity contribution in [3.8, 4) is 0 Å². The van der Waals surface area contributed by atoms with E-state index in [1.165, 1.54) is 16.4 Å². The molecule has 0 unspecified atom stereocenters. The van der Waals surface area contributed by atoms with Crippen LogP contribution in [0.15, 0.2) is 29.2 Å². The SMILES string of the molecule is CCCCn1nc(C)c(/C=C/C(=O)Nc2cc(S(=O)(=O)N3CCOCC3)ccc2C)c1Cl. The van der Waals surface area contributed by atoms with Gasteiger partial charge in [-0.2, -0.15) is 9.40 Å². The number of hydrogen-bond acceptors (Lipinski definition) is 5. The summed E-state index contributed by atoms with van der Waals surface area (Å²) < 4.78 is 34.2.